The minimum Gasteiger partial charge on any atom is -0.345 e. The predicted octanol–water partition coefficient (Wildman–Crippen LogP) is 3.83. The number of hydrogen-bond donors (Lipinski definition) is 1. The second kappa shape index (κ2) is 6.71. The topological polar surface area (TPSA) is 28.2 Å². The summed E-state index contributed by atoms with van der Waals surface area (Å²) in [7, 11) is 0. The Morgan fingerprint density at radius 2 is 2.26 bits per heavy atom. The highest BCUT2D eigenvalue weighted by molar-refractivity contribution is 7.15. The van der Waals surface area contributed by atoms with Crippen LogP contribution in [0.2, 0.25) is 0 Å². The number of thiazole rings is 1. The van der Waals surface area contributed by atoms with Crippen LogP contribution in [0.15, 0.2) is 6.20 Å². The van der Waals surface area contributed by atoms with Crippen molar-refractivity contribution in [1.82, 2.24) is 10.3 Å². The van der Waals surface area contributed by atoms with Gasteiger partial charge in [-0.3, -0.25) is 0 Å². The van der Waals surface area contributed by atoms with Crippen LogP contribution >= 0.6 is 11.3 Å². The van der Waals surface area contributed by atoms with E-state index in [4.69, 9.17) is 0 Å². The van der Waals surface area contributed by atoms with Crippen molar-refractivity contribution in [3.8, 4) is 0 Å². The van der Waals surface area contributed by atoms with Gasteiger partial charge in [0, 0.05) is 29.7 Å². The van der Waals surface area contributed by atoms with Crippen molar-refractivity contribution in [3.63, 3.8) is 0 Å². The third-order valence-corrected chi connectivity index (χ3v) is 5.17. The molecule has 0 spiro atoms. The molecule has 0 amide bonds. The number of anilines is 1. The summed E-state index contributed by atoms with van der Waals surface area (Å²) >= 11 is 1.86. The lowest BCUT2D eigenvalue weighted by molar-refractivity contribution is 0.491. The zero-order valence-corrected chi connectivity index (χ0v) is 13.5. The Balaban J connectivity index is 2.04. The highest BCUT2D eigenvalue weighted by Gasteiger charge is 2.29. The zero-order chi connectivity index (χ0) is 13.8. The average Bonchev–Trinajstić information content (AvgIpc) is 3.02. The molecule has 0 saturated carbocycles. The van der Waals surface area contributed by atoms with Gasteiger partial charge in [-0.25, -0.2) is 4.98 Å². The molecular formula is C15H27N3S. The molecule has 1 aromatic heterocycles. The van der Waals surface area contributed by atoms with Gasteiger partial charge in [0.1, 0.15) is 0 Å². The number of hydrogen-bond acceptors (Lipinski definition) is 4. The summed E-state index contributed by atoms with van der Waals surface area (Å²) in [5.41, 5.74) is 0. The SMILES string of the molecule is CCCNC(C)c1cnc(N2CCCC2C(C)C)s1. The second-order valence-corrected chi connectivity index (χ2v) is 6.91. The van der Waals surface area contributed by atoms with E-state index < -0.39 is 0 Å². The van der Waals surface area contributed by atoms with Gasteiger partial charge in [-0.2, -0.15) is 0 Å². The highest BCUT2D eigenvalue weighted by Crippen LogP contribution is 2.34. The summed E-state index contributed by atoms with van der Waals surface area (Å²) in [6, 6.07) is 1.10. The van der Waals surface area contributed by atoms with E-state index in [0.717, 1.165) is 6.54 Å². The Morgan fingerprint density at radius 1 is 1.47 bits per heavy atom. The first-order valence-electron chi connectivity index (χ1n) is 7.59. The number of nitrogens with one attached hydrogen (secondary N) is 1. The van der Waals surface area contributed by atoms with Gasteiger partial charge in [0.05, 0.1) is 0 Å². The van der Waals surface area contributed by atoms with Crippen LogP contribution in [-0.2, 0) is 0 Å². The molecule has 3 nitrogen and oxygen atoms in total. The molecule has 4 heteroatoms. The maximum Gasteiger partial charge on any atom is 0.185 e. The lowest BCUT2D eigenvalue weighted by Crippen LogP contribution is -2.33. The lowest BCUT2D eigenvalue weighted by Gasteiger charge is -2.27. The van der Waals surface area contributed by atoms with Crippen molar-refractivity contribution >= 4 is 16.5 Å². The molecule has 0 bridgehead atoms. The van der Waals surface area contributed by atoms with Crippen molar-refractivity contribution in [2.75, 3.05) is 18.0 Å². The molecule has 1 saturated heterocycles. The van der Waals surface area contributed by atoms with Gasteiger partial charge in [0.2, 0.25) is 0 Å². The van der Waals surface area contributed by atoms with Gasteiger partial charge in [0.15, 0.2) is 5.13 Å². The number of aromatic nitrogens is 1. The monoisotopic (exact) mass is 281 g/mol. The summed E-state index contributed by atoms with van der Waals surface area (Å²) < 4.78 is 0. The van der Waals surface area contributed by atoms with Crippen LogP contribution in [0.4, 0.5) is 5.13 Å². The largest absolute Gasteiger partial charge is 0.345 e. The molecule has 0 aromatic carbocycles. The molecule has 2 atom stereocenters. The van der Waals surface area contributed by atoms with E-state index in [2.05, 4.69) is 49.1 Å². The maximum absolute atomic E-state index is 4.66. The summed E-state index contributed by atoms with van der Waals surface area (Å²) in [5.74, 6) is 0.713. The van der Waals surface area contributed by atoms with E-state index in [-0.39, 0.29) is 0 Å². The molecule has 0 radical (unpaired) electrons. The molecule has 108 valence electrons. The van der Waals surface area contributed by atoms with Gasteiger partial charge < -0.3 is 10.2 Å². The van der Waals surface area contributed by atoms with E-state index >= 15 is 0 Å². The molecule has 2 unspecified atom stereocenters. The van der Waals surface area contributed by atoms with Crippen LogP contribution in [0.5, 0.6) is 0 Å². The molecule has 19 heavy (non-hydrogen) atoms. The third kappa shape index (κ3) is 3.48. The fourth-order valence-electron chi connectivity index (χ4n) is 2.79. The fraction of sp³-hybridized carbons (Fsp3) is 0.800. The minimum atomic E-state index is 0.423. The summed E-state index contributed by atoms with van der Waals surface area (Å²) in [5, 5.41) is 4.76. The van der Waals surface area contributed by atoms with Crippen molar-refractivity contribution in [2.45, 2.75) is 59.0 Å². The summed E-state index contributed by atoms with van der Waals surface area (Å²) in [6.07, 6.45) is 5.86. The van der Waals surface area contributed by atoms with E-state index in [1.165, 1.54) is 35.8 Å². The van der Waals surface area contributed by atoms with Gasteiger partial charge in [-0.15, -0.1) is 11.3 Å². The first kappa shape index (κ1) is 14.8. The first-order chi connectivity index (χ1) is 9.13. The number of rotatable bonds is 6. The minimum absolute atomic E-state index is 0.423. The molecule has 1 N–H and O–H groups in total. The Hall–Kier alpha value is -0.610. The van der Waals surface area contributed by atoms with Crippen LogP contribution in [0.25, 0.3) is 0 Å². The highest BCUT2D eigenvalue weighted by atomic mass is 32.1. The van der Waals surface area contributed by atoms with Gasteiger partial charge in [0.25, 0.3) is 0 Å². The van der Waals surface area contributed by atoms with Crippen LogP contribution in [-0.4, -0.2) is 24.1 Å². The lowest BCUT2D eigenvalue weighted by atomic mass is 10.0. The zero-order valence-electron chi connectivity index (χ0n) is 12.6. The standard InChI is InChI=1S/C15H27N3S/c1-5-8-16-12(4)14-10-17-15(19-14)18-9-6-7-13(18)11(2)3/h10-13,16H,5-9H2,1-4H3. The Labute approximate surface area is 121 Å². The average molecular weight is 281 g/mol. The third-order valence-electron chi connectivity index (χ3n) is 3.95. The van der Waals surface area contributed by atoms with Crippen molar-refractivity contribution in [3.05, 3.63) is 11.1 Å². The molecule has 1 aliphatic rings. The van der Waals surface area contributed by atoms with Gasteiger partial charge in [-0.1, -0.05) is 20.8 Å². The second-order valence-electron chi connectivity index (χ2n) is 5.87. The van der Waals surface area contributed by atoms with E-state index in [1.54, 1.807) is 0 Å². The molecular weight excluding hydrogens is 254 g/mol. The van der Waals surface area contributed by atoms with E-state index in [0.29, 0.717) is 18.0 Å². The Bertz CT molecular complexity index is 388. The van der Waals surface area contributed by atoms with Crippen molar-refractivity contribution in [1.29, 1.82) is 0 Å². The fourth-order valence-corrected chi connectivity index (χ4v) is 3.82. The van der Waals surface area contributed by atoms with Gasteiger partial charge >= 0.3 is 0 Å². The normalized spacial score (nSPS) is 21.3. The molecule has 2 heterocycles. The molecule has 1 aromatic rings. The maximum atomic E-state index is 4.66. The first-order valence-corrected chi connectivity index (χ1v) is 8.40. The van der Waals surface area contributed by atoms with Gasteiger partial charge in [-0.05, 0) is 38.6 Å². The summed E-state index contributed by atoms with van der Waals surface area (Å²) in [4.78, 5) is 8.54. The Kier molecular flexibility index (Phi) is 5.22. The van der Waals surface area contributed by atoms with Crippen LogP contribution < -0.4 is 10.2 Å². The molecule has 2 rings (SSSR count). The van der Waals surface area contributed by atoms with Crippen LogP contribution in [0.1, 0.15) is 57.9 Å². The number of nitrogens with zero attached hydrogens (tertiary/aromatic N) is 2. The summed E-state index contributed by atoms with van der Waals surface area (Å²) in [6.45, 7) is 11.3. The quantitative estimate of drug-likeness (QED) is 0.859. The van der Waals surface area contributed by atoms with E-state index in [1.807, 2.05) is 11.3 Å². The van der Waals surface area contributed by atoms with Crippen molar-refractivity contribution < 1.29 is 0 Å². The molecule has 1 aliphatic heterocycles. The molecule has 0 aliphatic carbocycles. The van der Waals surface area contributed by atoms with Crippen LogP contribution in [0, 0.1) is 5.92 Å². The smallest absolute Gasteiger partial charge is 0.185 e. The Morgan fingerprint density at radius 3 is 2.95 bits per heavy atom. The molecule has 1 fully saturated rings. The van der Waals surface area contributed by atoms with E-state index in [9.17, 15) is 0 Å². The van der Waals surface area contributed by atoms with Crippen molar-refractivity contribution in [2.24, 2.45) is 5.92 Å². The predicted molar refractivity (Wildman–Crippen MR) is 84.0 cm³/mol. The van der Waals surface area contributed by atoms with Crippen LogP contribution in [0.3, 0.4) is 0 Å².